The first-order valence-electron chi connectivity index (χ1n) is 6.12. The van der Waals surface area contributed by atoms with Crippen molar-refractivity contribution < 1.29 is 9.59 Å². The highest BCUT2D eigenvalue weighted by molar-refractivity contribution is 5.97. The Kier molecular flexibility index (Phi) is 3.85. The fourth-order valence-electron chi connectivity index (χ4n) is 1.78. The third-order valence-corrected chi connectivity index (χ3v) is 2.96. The average Bonchev–Trinajstić information content (AvgIpc) is 2.40. The van der Waals surface area contributed by atoms with Crippen LogP contribution in [0.4, 0.5) is 0 Å². The third kappa shape index (κ3) is 3.35. The van der Waals surface area contributed by atoms with E-state index in [9.17, 15) is 9.59 Å². The van der Waals surface area contributed by atoms with Crippen molar-refractivity contribution in [1.82, 2.24) is 4.98 Å². The Balaban J connectivity index is 2.10. The van der Waals surface area contributed by atoms with Gasteiger partial charge in [0.2, 0.25) is 0 Å². The van der Waals surface area contributed by atoms with Gasteiger partial charge in [0, 0.05) is 29.4 Å². The Hall–Kier alpha value is -2.29. The molecule has 2 aromatic rings. The molecule has 1 aromatic heterocycles. The molecule has 0 aliphatic heterocycles. The van der Waals surface area contributed by atoms with Crippen molar-refractivity contribution in [3.8, 4) is 0 Å². The van der Waals surface area contributed by atoms with Crippen LogP contribution in [0.25, 0.3) is 0 Å². The van der Waals surface area contributed by atoms with Crippen LogP contribution < -0.4 is 0 Å². The summed E-state index contributed by atoms with van der Waals surface area (Å²) in [7, 11) is 0. The molecule has 0 unspecified atom stereocenters. The number of carbonyl (C=O) groups excluding carboxylic acids is 2. The minimum atomic E-state index is 0.0283. The minimum Gasteiger partial charge on any atom is -0.295 e. The van der Waals surface area contributed by atoms with E-state index in [0.717, 1.165) is 11.3 Å². The van der Waals surface area contributed by atoms with Crippen LogP contribution in [-0.4, -0.2) is 16.6 Å². The summed E-state index contributed by atoms with van der Waals surface area (Å²) in [6.07, 6.45) is 1.92. The number of aryl methyl sites for hydroxylation is 1. The lowest BCUT2D eigenvalue weighted by atomic mass is 10.0. The fraction of sp³-hybridized carbons (Fsp3) is 0.188. The van der Waals surface area contributed by atoms with Crippen LogP contribution in [0.5, 0.6) is 0 Å². The van der Waals surface area contributed by atoms with Crippen LogP contribution in [0.15, 0.2) is 42.6 Å². The molecule has 1 aromatic carbocycles. The summed E-state index contributed by atoms with van der Waals surface area (Å²) < 4.78 is 0. The first-order valence-corrected chi connectivity index (χ1v) is 6.12. The summed E-state index contributed by atoms with van der Waals surface area (Å²) in [5, 5.41) is 0. The first-order chi connectivity index (χ1) is 9.06. The van der Waals surface area contributed by atoms with Gasteiger partial charge in [-0.2, -0.15) is 0 Å². The van der Waals surface area contributed by atoms with Gasteiger partial charge in [0.1, 0.15) is 0 Å². The number of aromatic nitrogens is 1. The summed E-state index contributed by atoms with van der Waals surface area (Å²) in [6.45, 7) is 3.41. The second-order valence-electron chi connectivity index (χ2n) is 4.54. The number of hydrogen-bond donors (Lipinski definition) is 0. The Labute approximate surface area is 112 Å². The lowest BCUT2D eigenvalue weighted by Gasteiger charge is -2.03. The van der Waals surface area contributed by atoms with Crippen molar-refractivity contribution in [3.63, 3.8) is 0 Å². The van der Waals surface area contributed by atoms with Gasteiger partial charge in [0.05, 0.1) is 0 Å². The van der Waals surface area contributed by atoms with Gasteiger partial charge in [-0.25, -0.2) is 0 Å². The molecule has 0 aliphatic rings. The molecule has 0 radical (unpaired) electrons. The van der Waals surface area contributed by atoms with Crippen molar-refractivity contribution in [3.05, 3.63) is 65.0 Å². The van der Waals surface area contributed by atoms with E-state index in [2.05, 4.69) is 4.98 Å². The van der Waals surface area contributed by atoms with E-state index in [4.69, 9.17) is 0 Å². The number of pyridine rings is 1. The summed E-state index contributed by atoms with van der Waals surface area (Å²) in [6, 6.07) is 10.7. The molecule has 19 heavy (non-hydrogen) atoms. The quantitative estimate of drug-likeness (QED) is 0.787. The molecule has 2 rings (SSSR count). The molecule has 0 amide bonds. The zero-order chi connectivity index (χ0) is 13.8. The smallest absolute Gasteiger partial charge is 0.168 e. The average molecular weight is 253 g/mol. The van der Waals surface area contributed by atoms with Crippen LogP contribution in [0.1, 0.15) is 38.9 Å². The lowest BCUT2D eigenvalue weighted by Crippen LogP contribution is -2.04. The highest BCUT2D eigenvalue weighted by Crippen LogP contribution is 2.09. The maximum Gasteiger partial charge on any atom is 0.168 e. The van der Waals surface area contributed by atoms with Crippen molar-refractivity contribution in [2.75, 3.05) is 0 Å². The minimum absolute atomic E-state index is 0.0283. The molecule has 0 bridgehead atoms. The highest BCUT2D eigenvalue weighted by Gasteiger charge is 2.08. The lowest BCUT2D eigenvalue weighted by molar-refractivity contribution is 0.0990. The SMILES string of the molecule is CC(=O)c1ccc(CC(=O)c2ccc(C)nc2)cc1. The zero-order valence-electron chi connectivity index (χ0n) is 11.0. The molecule has 0 atom stereocenters. The van der Waals surface area contributed by atoms with E-state index in [1.807, 2.05) is 25.1 Å². The normalized spacial score (nSPS) is 10.2. The predicted octanol–water partition coefficient (Wildman–Crippen LogP) is 3.02. The number of carbonyl (C=O) groups is 2. The van der Waals surface area contributed by atoms with Crippen LogP contribution in [0.3, 0.4) is 0 Å². The van der Waals surface area contributed by atoms with Crippen molar-refractivity contribution in [2.24, 2.45) is 0 Å². The molecule has 0 N–H and O–H groups in total. The second kappa shape index (κ2) is 5.57. The monoisotopic (exact) mass is 253 g/mol. The third-order valence-electron chi connectivity index (χ3n) is 2.96. The van der Waals surface area contributed by atoms with Crippen molar-refractivity contribution in [1.29, 1.82) is 0 Å². The zero-order valence-corrected chi connectivity index (χ0v) is 11.0. The topological polar surface area (TPSA) is 47.0 Å². The first kappa shape index (κ1) is 13.1. The summed E-state index contributed by atoms with van der Waals surface area (Å²) in [5.41, 5.74) is 3.06. The van der Waals surface area contributed by atoms with Crippen LogP contribution in [0, 0.1) is 6.92 Å². The van der Waals surface area contributed by atoms with Crippen LogP contribution in [0.2, 0.25) is 0 Å². The summed E-state index contributed by atoms with van der Waals surface area (Å²) >= 11 is 0. The molecular formula is C16H15NO2. The number of ketones is 2. The molecule has 0 saturated heterocycles. The number of nitrogens with zero attached hydrogens (tertiary/aromatic N) is 1. The molecule has 0 spiro atoms. The number of benzene rings is 1. The van der Waals surface area contributed by atoms with Crippen molar-refractivity contribution >= 4 is 11.6 Å². The van der Waals surface area contributed by atoms with Crippen LogP contribution >= 0.6 is 0 Å². The Bertz CT molecular complexity index is 598. The predicted molar refractivity (Wildman–Crippen MR) is 73.5 cm³/mol. The van der Waals surface area contributed by atoms with E-state index in [0.29, 0.717) is 17.5 Å². The molecule has 0 fully saturated rings. The van der Waals surface area contributed by atoms with Gasteiger partial charge >= 0.3 is 0 Å². The molecular weight excluding hydrogens is 238 g/mol. The van der Waals surface area contributed by atoms with Gasteiger partial charge < -0.3 is 0 Å². The molecule has 3 nitrogen and oxygen atoms in total. The molecule has 3 heteroatoms. The standard InChI is InChI=1S/C16H15NO2/c1-11-3-6-15(10-17-11)16(19)9-13-4-7-14(8-5-13)12(2)18/h3-8,10H,9H2,1-2H3. The molecule has 0 saturated carbocycles. The van der Waals surface area contributed by atoms with E-state index in [1.165, 1.54) is 6.92 Å². The van der Waals surface area contributed by atoms with E-state index in [1.54, 1.807) is 24.4 Å². The van der Waals surface area contributed by atoms with E-state index >= 15 is 0 Å². The van der Waals surface area contributed by atoms with Gasteiger partial charge in [0.15, 0.2) is 11.6 Å². The van der Waals surface area contributed by atoms with Gasteiger partial charge in [-0.15, -0.1) is 0 Å². The molecule has 96 valence electrons. The Morgan fingerprint density at radius 1 is 1.00 bits per heavy atom. The summed E-state index contributed by atoms with van der Waals surface area (Å²) in [5.74, 6) is 0.0590. The van der Waals surface area contributed by atoms with Gasteiger partial charge in [-0.1, -0.05) is 24.3 Å². The number of hydrogen-bond acceptors (Lipinski definition) is 3. The van der Waals surface area contributed by atoms with Gasteiger partial charge in [-0.05, 0) is 31.5 Å². The summed E-state index contributed by atoms with van der Waals surface area (Å²) in [4.78, 5) is 27.3. The number of rotatable bonds is 4. The fourth-order valence-corrected chi connectivity index (χ4v) is 1.78. The van der Waals surface area contributed by atoms with Crippen LogP contribution in [-0.2, 0) is 6.42 Å². The number of Topliss-reactive ketones (excluding diaryl/α,β-unsaturated/α-hetero) is 2. The van der Waals surface area contributed by atoms with E-state index < -0.39 is 0 Å². The maximum atomic E-state index is 12.0. The maximum absolute atomic E-state index is 12.0. The second-order valence-corrected chi connectivity index (χ2v) is 4.54. The van der Waals surface area contributed by atoms with Crippen molar-refractivity contribution in [2.45, 2.75) is 20.3 Å². The van der Waals surface area contributed by atoms with Gasteiger partial charge in [0.25, 0.3) is 0 Å². The van der Waals surface area contributed by atoms with Gasteiger partial charge in [-0.3, -0.25) is 14.6 Å². The molecule has 1 heterocycles. The Morgan fingerprint density at radius 3 is 2.16 bits per heavy atom. The largest absolute Gasteiger partial charge is 0.295 e. The van der Waals surface area contributed by atoms with E-state index in [-0.39, 0.29) is 11.6 Å². The highest BCUT2D eigenvalue weighted by atomic mass is 16.1. The molecule has 0 aliphatic carbocycles. The Morgan fingerprint density at radius 2 is 1.63 bits per heavy atom.